The number of fused-ring (bicyclic) bond motifs is 1. The molecule has 3 rings (SSSR count). The summed E-state index contributed by atoms with van der Waals surface area (Å²) in [6.07, 6.45) is 3.13. The van der Waals surface area contributed by atoms with E-state index in [4.69, 9.17) is 4.74 Å². The lowest BCUT2D eigenvalue weighted by Gasteiger charge is -2.28. The molecule has 2 aromatic rings. The number of hydrogen-bond acceptors (Lipinski definition) is 5. The summed E-state index contributed by atoms with van der Waals surface area (Å²) >= 11 is 0. The fourth-order valence-corrected chi connectivity index (χ4v) is 2.73. The van der Waals surface area contributed by atoms with Crippen molar-refractivity contribution in [3.05, 3.63) is 53.2 Å². The van der Waals surface area contributed by atoms with Crippen LogP contribution in [0.2, 0.25) is 0 Å². The Bertz CT molecular complexity index is 784. The van der Waals surface area contributed by atoms with Crippen LogP contribution in [0.4, 0.5) is 10.3 Å². The first-order valence-electron chi connectivity index (χ1n) is 7.91. The molecule has 0 radical (unpaired) electrons. The molecule has 1 aromatic carbocycles. The maximum absolute atomic E-state index is 13.7. The first-order chi connectivity index (χ1) is 11.6. The van der Waals surface area contributed by atoms with Gasteiger partial charge in [0.05, 0.1) is 12.2 Å². The Labute approximate surface area is 139 Å². The number of rotatable bonds is 5. The van der Waals surface area contributed by atoms with Gasteiger partial charge in [0.1, 0.15) is 18.2 Å². The van der Waals surface area contributed by atoms with Gasteiger partial charge in [0.25, 0.3) is 0 Å². The molecular weight excluding hydrogens is 311 g/mol. The predicted octanol–water partition coefficient (Wildman–Crippen LogP) is 3.05. The summed E-state index contributed by atoms with van der Waals surface area (Å²) in [6.45, 7) is 4.16. The molecule has 1 aliphatic heterocycles. The maximum atomic E-state index is 13.7. The number of halogens is 1. The molecule has 0 aliphatic carbocycles. The second-order valence-corrected chi connectivity index (χ2v) is 5.64. The van der Waals surface area contributed by atoms with Gasteiger partial charge >= 0.3 is 5.97 Å². The normalized spacial score (nSPS) is 16.5. The van der Waals surface area contributed by atoms with Crippen LogP contribution in [0.25, 0.3) is 0 Å². The largest absolute Gasteiger partial charge is 0.462 e. The van der Waals surface area contributed by atoms with E-state index in [9.17, 15) is 9.18 Å². The number of unbranched alkanes of at least 4 members (excludes halogenated alkanes) is 1. The highest BCUT2D eigenvalue weighted by Crippen LogP contribution is 2.35. The molecule has 1 aliphatic rings. The third kappa shape index (κ3) is 3.02. The number of hydrogen-bond donors (Lipinski definition) is 1. The second kappa shape index (κ2) is 6.82. The van der Waals surface area contributed by atoms with Gasteiger partial charge in [-0.3, -0.25) is 0 Å². The molecule has 0 amide bonds. The average Bonchev–Trinajstić information content (AvgIpc) is 3.01. The summed E-state index contributed by atoms with van der Waals surface area (Å²) in [4.78, 5) is 16.7. The molecule has 1 N–H and O–H groups in total. The lowest BCUT2D eigenvalue weighted by atomic mass is 9.96. The Hall–Kier alpha value is -2.70. The summed E-state index contributed by atoms with van der Waals surface area (Å²) in [5.41, 5.74) is 1.66. The van der Waals surface area contributed by atoms with Gasteiger partial charge < -0.3 is 10.1 Å². The molecule has 126 valence electrons. The lowest BCUT2D eigenvalue weighted by Crippen LogP contribution is -2.29. The third-order valence-corrected chi connectivity index (χ3v) is 3.91. The van der Waals surface area contributed by atoms with E-state index in [1.54, 1.807) is 23.7 Å². The fraction of sp³-hybridized carbons (Fsp3) is 0.353. The molecular formula is C17H19FN4O2. The quantitative estimate of drug-likeness (QED) is 0.674. The SMILES string of the molecule is CCCCOC(=O)C1=C(C)Nc2ncnn2C1c1cccc(F)c1. The Morgan fingerprint density at radius 2 is 2.29 bits per heavy atom. The molecule has 0 saturated heterocycles. The smallest absolute Gasteiger partial charge is 0.338 e. The molecule has 0 bridgehead atoms. The van der Waals surface area contributed by atoms with Gasteiger partial charge in [-0.05, 0) is 31.0 Å². The van der Waals surface area contributed by atoms with Gasteiger partial charge in [-0.25, -0.2) is 13.9 Å². The standard InChI is InChI=1S/C17H19FN4O2/c1-3-4-8-24-16(23)14-11(2)21-17-19-10-20-22(17)15(14)12-6-5-7-13(18)9-12/h5-7,9-10,15H,3-4,8H2,1-2H3,(H,19,20,21). The number of esters is 1. The van der Waals surface area contributed by atoms with Gasteiger partial charge in [0.2, 0.25) is 5.95 Å². The Morgan fingerprint density at radius 1 is 1.46 bits per heavy atom. The Kier molecular flexibility index (Phi) is 4.59. The average molecular weight is 330 g/mol. The van der Waals surface area contributed by atoms with E-state index in [0.29, 0.717) is 29.4 Å². The number of aromatic nitrogens is 3. The molecule has 7 heteroatoms. The lowest BCUT2D eigenvalue weighted by molar-refractivity contribution is -0.139. The van der Waals surface area contributed by atoms with Crippen molar-refractivity contribution in [1.82, 2.24) is 14.8 Å². The van der Waals surface area contributed by atoms with Crippen LogP contribution in [0, 0.1) is 5.82 Å². The molecule has 0 spiro atoms. The number of carbonyl (C=O) groups excluding carboxylic acids is 1. The molecule has 0 saturated carbocycles. The molecule has 2 heterocycles. The van der Waals surface area contributed by atoms with Crippen LogP contribution in [0.1, 0.15) is 38.3 Å². The molecule has 1 aromatic heterocycles. The zero-order chi connectivity index (χ0) is 17.1. The van der Waals surface area contributed by atoms with E-state index < -0.39 is 12.0 Å². The zero-order valence-corrected chi connectivity index (χ0v) is 13.6. The highest BCUT2D eigenvalue weighted by molar-refractivity contribution is 5.92. The molecule has 1 atom stereocenters. The topological polar surface area (TPSA) is 69.0 Å². The van der Waals surface area contributed by atoms with E-state index >= 15 is 0 Å². The highest BCUT2D eigenvalue weighted by Gasteiger charge is 2.34. The van der Waals surface area contributed by atoms with Crippen molar-refractivity contribution in [3.63, 3.8) is 0 Å². The van der Waals surface area contributed by atoms with Crippen LogP contribution in [0.5, 0.6) is 0 Å². The summed E-state index contributed by atoms with van der Waals surface area (Å²) in [5.74, 6) is -0.292. The van der Waals surface area contributed by atoms with Gasteiger partial charge in [0, 0.05) is 5.70 Å². The first kappa shape index (κ1) is 16.2. The van der Waals surface area contributed by atoms with E-state index in [2.05, 4.69) is 15.4 Å². The van der Waals surface area contributed by atoms with Crippen molar-refractivity contribution in [1.29, 1.82) is 0 Å². The maximum Gasteiger partial charge on any atom is 0.338 e. The van der Waals surface area contributed by atoms with Crippen LogP contribution >= 0.6 is 0 Å². The summed E-state index contributed by atoms with van der Waals surface area (Å²) in [7, 11) is 0. The monoisotopic (exact) mass is 330 g/mol. The zero-order valence-electron chi connectivity index (χ0n) is 13.6. The van der Waals surface area contributed by atoms with Crippen LogP contribution in [0.3, 0.4) is 0 Å². The van der Waals surface area contributed by atoms with Gasteiger partial charge in [-0.1, -0.05) is 25.5 Å². The highest BCUT2D eigenvalue weighted by atomic mass is 19.1. The van der Waals surface area contributed by atoms with Crippen molar-refractivity contribution in [2.45, 2.75) is 32.7 Å². The summed E-state index contributed by atoms with van der Waals surface area (Å²) in [5, 5.41) is 7.24. The molecule has 24 heavy (non-hydrogen) atoms. The van der Waals surface area contributed by atoms with Crippen molar-refractivity contribution >= 4 is 11.9 Å². The predicted molar refractivity (Wildman–Crippen MR) is 86.8 cm³/mol. The Morgan fingerprint density at radius 3 is 3.04 bits per heavy atom. The number of nitrogens with zero attached hydrogens (tertiary/aromatic N) is 3. The van der Waals surface area contributed by atoms with Crippen LogP contribution in [-0.4, -0.2) is 27.3 Å². The van der Waals surface area contributed by atoms with Gasteiger partial charge in [0.15, 0.2) is 0 Å². The van der Waals surface area contributed by atoms with E-state index in [-0.39, 0.29) is 5.82 Å². The molecule has 6 nitrogen and oxygen atoms in total. The molecule has 0 fully saturated rings. The number of ether oxygens (including phenoxy) is 1. The Balaban J connectivity index is 2.02. The minimum atomic E-state index is -0.575. The summed E-state index contributed by atoms with van der Waals surface area (Å²) < 4.78 is 20.6. The molecule has 1 unspecified atom stereocenters. The van der Waals surface area contributed by atoms with Crippen molar-refractivity contribution in [2.24, 2.45) is 0 Å². The van der Waals surface area contributed by atoms with Crippen LogP contribution in [-0.2, 0) is 9.53 Å². The first-order valence-corrected chi connectivity index (χ1v) is 7.91. The number of benzene rings is 1. The van der Waals surface area contributed by atoms with E-state index in [1.165, 1.54) is 18.5 Å². The summed E-state index contributed by atoms with van der Waals surface area (Å²) in [6, 6.07) is 5.56. The second-order valence-electron chi connectivity index (χ2n) is 5.64. The number of nitrogens with one attached hydrogen (secondary N) is 1. The number of allylic oxidation sites excluding steroid dienone is 1. The van der Waals surface area contributed by atoms with E-state index in [0.717, 1.165) is 12.8 Å². The minimum absolute atomic E-state index is 0.353. The van der Waals surface area contributed by atoms with Crippen molar-refractivity contribution in [2.75, 3.05) is 11.9 Å². The van der Waals surface area contributed by atoms with Crippen molar-refractivity contribution in [3.8, 4) is 0 Å². The number of anilines is 1. The third-order valence-electron chi connectivity index (χ3n) is 3.91. The van der Waals surface area contributed by atoms with Gasteiger partial charge in [-0.2, -0.15) is 10.1 Å². The van der Waals surface area contributed by atoms with Crippen LogP contribution < -0.4 is 5.32 Å². The van der Waals surface area contributed by atoms with Crippen molar-refractivity contribution < 1.29 is 13.9 Å². The fourth-order valence-electron chi connectivity index (χ4n) is 2.73. The minimum Gasteiger partial charge on any atom is -0.462 e. The number of carbonyl (C=O) groups is 1. The van der Waals surface area contributed by atoms with Gasteiger partial charge in [-0.15, -0.1) is 0 Å². The van der Waals surface area contributed by atoms with Crippen LogP contribution in [0.15, 0.2) is 41.9 Å². The van der Waals surface area contributed by atoms with E-state index in [1.807, 2.05) is 6.92 Å².